The lowest BCUT2D eigenvalue weighted by Gasteiger charge is -2.23. The largest absolute Gasteiger partial charge is 0.406 e. The van der Waals surface area contributed by atoms with Crippen LogP contribution >= 0.6 is 0 Å². The standard InChI is InChI=1S/C28H29F4N5O/c1-27(2,17-33)25-6-5-22(16-36-25)34-9-3-4-23-14-20-12-19(15-35-21-7-10-38-11-8-21)13-24(29)26(20)37(23)18-28(30,31)32/h5-6,12-14,16,21,34-35H,7-11,15,18H2,1-2H3. The summed E-state index contributed by atoms with van der Waals surface area (Å²) in [6.45, 7) is 4.08. The van der Waals surface area contributed by atoms with Crippen LogP contribution in [0.5, 0.6) is 0 Å². The highest BCUT2D eigenvalue weighted by Gasteiger charge is 2.30. The predicted molar refractivity (Wildman–Crippen MR) is 137 cm³/mol. The summed E-state index contributed by atoms with van der Waals surface area (Å²) in [5, 5.41) is 16.0. The maximum absolute atomic E-state index is 15.1. The van der Waals surface area contributed by atoms with Crippen LogP contribution in [0.3, 0.4) is 0 Å². The molecular weight excluding hydrogens is 498 g/mol. The first-order valence-corrected chi connectivity index (χ1v) is 12.4. The Labute approximate surface area is 219 Å². The second-order valence-corrected chi connectivity index (χ2v) is 9.84. The van der Waals surface area contributed by atoms with E-state index in [0.717, 1.165) is 17.4 Å². The fourth-order valence-electron chi connectivity index (χ4n) is 4.34. The molecule has 0 amide bonds. The fourth-order valence-corrected chi connectivity index (χ4v) is 4.34. The Bertz CT molecular complexity index is 1370. The number of rotatable bonds is 7. The summed E-state index contributed by atoms with van der Waals surface area (Å²) in [6.07, 6.45) is -1.25. The van der Waals surface area contributed by atoms with E-state index in [1.807, 2.05) is 0 Å². The molecule has 0 unspecified atom stereocenters. The number of nitrogens with zero attached hydrogens (tertiary/aromatic N) is 3. The van der Waals surface area contributed by atoms with Crippen molar-refractivity contribution in [1.82, 2.24) is 14.9 Å². The first-order chi connectivity index (χ1) is 18.1. The van der Waals surface area contributed by atoms with Gasteiger partial charge in [0.15, 0.2) is 0 Å². The number of hydrogen-bond acceptors (Lipinski definition) is 5. The molecule has 3 heterocycles. The van der Waals surface area contributed by atoms with Gasteiger partial charge in [0, 0.05) is 31.2 Å². The molecule has 1 aliphatic rings. The summed E-state index contributed by atoms with van der Waals surface area (Å²) in [6, 6.07) is 10.4. The number of halogens is 4. The number of pyridine rings is 1. The van der Waals surface area contributed by atoms with Crippen molar-refractivity contribution in [3.05, 3.63) is 59.3 Å². The van der Waals surface area contributed by atoms with E-state index in [0.29, 0.717) is 42.1 Å². The average molecular weight is 528 g/mol. The quantitative estimate of drug-likeness (QED) is 0.324. The molecule has 2 aromatic heterocycles. The molecule has 1 fully saturated rings. The number of alkyl halides is 3. The minimum atomic E-state index is -4.54. The van der Waals surface area contributed by atoms with Crippen LogP contribution < -0.4 is 10.6 Å². The zero-order valence-electron chi connectivity index (χ0n) is 21.3. The molecule has 0 atom stereocenters. The molecule has 4 rings (SSSR count). The molecule has 0 spiro atoms. The molecule has 0 bridgehead atoms. The third kappa shape index (κ3) is 6.83. The van der Waals surface area contributed by atoms with Crippen molar-refractivity contribution in [1.29, 1.82) is 5.26 Å². The summed E-state index contributed by atoms with van der Waals surface area (Å²) in [5.41, 5.74) is 1.17. The van der Waals surface area contributed by atoms with Gasteiger partial charge in [-0.2, -0.15) is 18.4 Å². The summed E-state index contributed by atoms with van der Waals surface area (Å²) < 4.78 is 61.4. The van der Waals surface area contributed by atoms with Crippen LogP contribution in [0.1, 0.15) is 43.6 Å². The van der Waals surface area contributed by atoms with Gasteiger partial charge in [-0.05, 0) is 68.5 Å². The van der Waals surface area contributed by atoms with Gasteiger partial charge in [0.25, 0.3) is 0 Å². The number of ether oxygens (including phenoxy) is 1. The van der Waals surface area contributed by atoms with Crippen LogP contribution in [0.25, 0.3) is 10.9 Å². The van der Waals surface area contributed by atoms with Crippen LogP contribution in [0.2, 0.25) is 0 Å². The van der Waals surface area contributed by atoms with E-state index in [2.05, 4.69) is 33.5 Å². The molecule has 6 nitrogen and oxygen atoms in total. The van der Waals surface area contributed by atoms with Crippen LogP contribution in [0.15, 0.2) is 36.5 Å². The molecule has 38 heavy (non-hydrogen) atoms. The summed E-state index contributed by atoms with van der Waals surface area (Å²) in [5.74, 6) is 4.87. The molecule has 2 N–H and O–H groups in total. The molecule has 10 heteroatoms. The number of nitrogens with one attached hydrogen (secondary N) is 2. The van der Waals surface area contributed by atoms with Crippen LogP contribution in [0.4, 0.5) is 23.2 Å². The predicted octanol–water partition coefficient (Wildman–Crippen LogP) is 5.27. The van der Waals surface area contributed by atoms with E-state index in [4.69, 9.17) is 4.74 Å². The van der Waals surface area contributed by atoms with Gasteiger partial charge in [-0.25, -0.2) is 4.39 Å². The second kappa shape index (κ2) is 11.4. The lowest BCUT2D eigenvalue weighted by Crippen LogP contribution is -2.34. The number of nitriles is 1. The van der Waals surface area contributed by atoms with E-state index in [-0.39, 0.29) is 23.8 Å². The third-order valence-corrected chi connectivity index (χ3v) is 6.44. The molecule has 1 aliphatic heterocycles. The Balaban J connectivity index is 1.52. The lowest BCUT2D eigenvalue weighted by molar-refractivity contribution is -0.140. The highest BCUT2D eigenvalue weighted by Crippen LogP contribution is 2.28. The Kier molecular flexibility index (Phi) is 8.25. The van der Waals surface area contributed by atoms with Crippen molar-refractivity contribution in [2.24, 2.45) is 0 Å². The first kappa shape index (κ1) is 27.4. The molecule has 0 radical (unpaired) electrons. The number of aromatic nitrogens is 2. The van der Waals surface area contributed by atoms with Crippen molar-refractivity contribution < 1.29 is 22.3 Å². The molecule has 200 valence electrons. The molecular formula is C28H29F4N5O. The fraction of sp³-hybridized carbons (Fsp3) is 0.429. The minimum absolute atomic E-state index is 0.0804. The number of benzene rings is 1. The summed E-state index contributed by atoms with van der Waals surface area (Å²) in [7, 11) is 0. The van der Waals surface area contributed by atoms with Crippen molar-refractivity contribution in [3.8, 4) is 17.9 Å². The van der Waals surface area contributed by atoms with Gasteiger partial charge in [-0.15, -0.1) is 0 Å². The minimum Gasteiger partial charge on any atom is -0.381 e. The summed E-state index contributed by atoms with van der Waals surface area (Å²) >= 11 is 0. The Morgan fingerprint density at radius 2 is 1.92 bits per heavy atom. The van der Waals surface area contributed by atoms with Crippen LogP contribution in [-0.2, 0) is 23.2 Å². The third-order valence-electron chi connectivity index (χ3n) is 6.44. The zero-order chi connectivity index (χ0) is 27.3. The monoisotopic (exact) mass is 527 g/mol. The van der Waals surface area contributed by atoms with Gasteiger partial charge in [0.05, 0.1) is 46.8 Å². The van der Waals surface area contributed by atoms with E-state index in [1.165, 1.54) is 12.1 Å². The van der Waals surface area contributed by atoms with Gasteiger partial charge in [0.1, 0.15) is 12.4 Å². The highest BCUT2D eigenvalue weighted by atomic mass is 19.4. The number of hydrogen-bond donors (Lipinski definition) is 2. The van der Waals surface area contributed by atoms with Gasteiger partial charge in [-0.3, -0.25) is 4.98 Å². The van der Waals surface area contributed by atoms with Crippen LogP contribution in [-0.4, -0.2) is 41.5 Å². The van der Waals surface area contributed by atoms with E-state index < -0.39 is 24.0 Å². The maximum Gasteiger partial charge on any atom is 0.406 e. The Hall–Kier alpha value is -3.60. The molecule has 1 aromatic carbocycles. The highest BCUT2D eigenvalue weighted by molar-refractivity contribution is 5.84. The number of anilines is 1. The van der Waals surface area contributed by atoms with E-state index in [9.17, 15) is 18.4 Å². The van der Waals surface area contributed by atoms with E-state index in [1.54, 1.807) is 38.2 Å². The van der Waals surface area contributed by atoms with Gasteiger partial charge < -0.3 is 19.9 Å². The van der Waals surface area contributed by atoms with Gasteiger partial charge in [-0.1, -0.05) is 5.92 Å². The lowest BCUT2D eigenvalue weighted by atomic mass is 9.91. The molecule has 3 aromatic rings. The van der Waals surface area contributed by atoms with Crippen molar-refractivity contribution >= 4 is 16.6 Å². The first-order valence-electron chi connectivity index (χ1n) is 12.4. The van der Waals surface area contributed by atoms with Crippen molar-refractivity contribution in [2.75, 3.05) is 25.1 Å². The normalized spacial score (nSPS) is 14.7. The average Bonchev–Trinajstić information content (AvgIpc) is 3.22. The number of fused-ring (bicyclic) bond motifs is 1. The molecule has 1 saturated heterocycles. The summed E-state index contributed by atoms with van der Waals surface area (Å²) in [4.78, 5) is 4.29. The van der Waals surface area contributed by atoms with Gasteiger partial charge >= 0.3 is 6.18 Å². The van der Waals surface area contributed by atoms with Crippen LogP contribution in [0, 0.1) is 29.0 Å². The smallest absolute Gasteiger partial charge is 0.381 e. The molecule has 0 aliphatic carbocycles. The Morgan fingerprint density at radius 3 is 2.58 bits per heavy atom. The topological polar surface area (TPSA) is 74.9 Å². The SMILES string of the molecule is CC(C)(C#N)c1ccc(NCC#Cc2cc3cc(CNC4CCOCC4)cc(F)c3n2CC(F)(F)F)cn1. The zero-order valence-corrected chi connectivity index (χ0v) is 21.3. The van der Waals surface area contributed by atoms with E-state index >= 15 is 4.39 Å². The Morgan fingerprint density at radius 1 is 1.16 bits per heavy atom. The van der Waals surface area contributed by atoms with Gasteiger partial charge in [0.2, 0.25) is 0 Å². The molecule has 0 saturated carbocycles. The van der Waals surface area contributed by atoms with Crippen molar-refractivity contribution in [2.45, 2.75) is 57.4 Å². The van der Waals surface area contributed by atoms with Crippen molar-refractivity contribution in [3.63, 3.8) is 0 Å². The maximum atomic E-state index is 15.1. The second-order valence-electron chi connectivity index (χ2n) is 9.84.